The van der Waals surface area contributed by atoms with Gasteiger partial charge in [0.15, 0.2) is 0 Å². The molecule has 2 amide bonds. The van der Waals surface area contributed by atoms with E-state index in [1.807, 2.05) is 25.1 Å². The van der Waals surface area contributed by atoms with Crippen LogP contribution in [0.3, 0.4) is 0 Å². The Hall–Kier alpha value is -2.43. The number of carbonyl (C=O) groups excluding carboxylic acids is 1. The Morgan fingerprint density at radius 3 is 2.58 bits per heavy atom. The Morgan fingerprint density at radius 1 is 1.21 bits per heavy atom. The molecule has 98 valence electrons. The Bertz CT molecular complexity index is 569. The molecule has 5 heteroatoms. The molecule has 5 nitrogen and oxygen atoms in total. The molecule has 0 atom stereocenters. The quantitative estimate of drug-likeness (QED) is 0.886. The summed E-state index contributed by atoms with van der Waals surface area (Å²) < 4.78 is 0. The van der Waals surface area contributed by atoms with Gasteiger partial charge in [-0.2, -0.15) is 0 Å². The second-order valence-corrected chi connectivity index (χ2v) is 3.98. The number of anilines is 1. The average molecular weight is 256 g/mol. The number of carbonyl (C=O) groups is 1. The van der Waals surface area contributed by atoms with Crippen molar-refractivity contribution in [3.05, 3.63) is 42.4 Å². The number of nitrogens with one attached hydrogen (secondary N) is 2. The van der Waals surface area contributed by atoms with Crippen molar-refractivity contribution in [2.75, 3.05) is 12.4 Å². The first-order chi connectivity index (χ1) is 9.24. The Morgan fingerprint density at radius 2 is 1.95 bits per heavy atom. The van der Waals surface area contributed by atoms with E-state index >= 15 is 0 Å². The third kappa shape index (κ3) is 3.07. The van der Waals surface area contributed by atoms with Crippen molar-refractivity contribution in [1.82, 2.24) is 15.3 Å². The minimum Gasteiger partial charge on any atom is -0.341 e. The molecule has 0 radical (unpaired) electrons. The summed E-state index contributed by atoms with van der Waals surface area (Å²) in [6, 6.07) is 7.38. The van der Waals surface area contributed by atoms with E-state index in [9.17, 15) is 4.79 Å². The van der Waals surface area contributed by atoms with E-state index in [4.69, 9.17) is 0 Å². The van der Waals surface area contributed by atoms with Gasteiger partial charge in [0.05, 0.1) is 5.69 Å². The van der Waals surface area contributed by atoms with E-state index in [1.165, 1.54) is 0 Å². The van der Waals surface area contributed by atoms with Gasteiger partial charge in [0.25, 0.3) is 0 Å². The van der Waals surface area contributed by atoms with Crippen LogP contribution in [-0.2, 0) is 6.42 Å². The third-order valence-corrected chi connectivity index (χ3v) is 2.77. The fraction of sp³-hybridized carbons (Fsp3) is 0.214. The number of nitrogens with zero attached hydrogens (tertiary/aromatic N) is 2. The summed E-state index contributed by atoms with van der Waals surface area (Å²) in [5, 5.41) is 5.17. The van der Waals surface area contributed by atoms with E-state index in [1.54, 1.807) is 25.5 Å². The van der Waals surface area contributed by atoms with Crippen LogP contribution < -0.4 is 10.6 Å². The van der Waals surface area contributed by atoms with Crippen LogP contribution in [0.2, 0.25) is 0 Å². The number of hydrogen-bond donors (Lipinski definition) is 2. The molecule has 0 aliphatic rings. The van der Waals surface area contributed by atoms with Crippen LogP contribution in [0.15, 0.2) is 36.7 Å². The average Bonchev–Trinajstić information content (AvgIpc) is 2.47. The first-order valence-electron chi connectivity index (χ1n) is 6.13. The summed E-state index contributed by atoms with van der Waals surface area (Å²) in [6.45, 7) is 2.04. The number of amides is 2. The second-order valence-electron chi connectivity index (χ2n) is 3.98. The summed E-state index contributed by atoms with van der Waals surface area (Å²) in [4.78, 5) is 19.7. The highest BCUT2D eigenvalue weighted by atomic mass is 16.2. The van der Waals surface area contributed by atoms with Gasteiger partial charge in [0, 0.05) is 25.0 Å². The second kappa shape index (κ2) is 5.95. The number of aromatic nitrogens is 2. The lowest BCUT2D eigenvalue weighted by atomic mass is 10.0. The lowest BCUT2D eigenvalue weighted by Crippen LogP contribution is -2.25. The molecule has 19 heavy (non-hydrogen) atoms. The number of rotatable bonds is 3. The van der Waals surface area contributed by atoms with Crippen molar-refractivity contribution in [3.8, 4) is 11.1 Å². The van der Waals surface area contributed by atoms with Gasteiger partial charge in [-0.3, -0.25) is 10.3 Å². The van der Waals surface area contributed by atoms with Crippen LogP contribution in [-0.4, -0.2) is 23.0 Å². The van der Waals surface area contributed by atoms with Crippen LogP contribution in [0.4, 0.5) is 10.6 Å². The molecule has 0 saturated heterocycles. The molecule has 0 spiro atoms. The van der Waals surface area contributed by atoms with Crippen LogP contribution in [0.25, 0.3) is 11.1 Å². The minimum absolute atomic E-state index is 0.272. The fourth-order valence-electron chi connectivity index (χ4n) is 1.81. The molecular formula is C14H16N4O. The lowest BCUT2D eigenvalue weighted by Gasteiger charge is -2.10. The number of aryl methyl sites for hydroxylation is 1. The largest absolute Gasteiger partial charge is 0.341 e. The molecule has 2 N–H and O–H groups in total. The van der Waals surface area contributed by atoms with E-state index < -0.39 is 0 Å². The molecule has 2 rings (SSSR count). The molecule has 0 saturated carbocycles. The topological polar surface area (TPSA) is 66.9 Å². The monoisotopic (exact) mass is 256 g/mol. The first kappa shape index (κ1) is 13.0. The van der Waals surface area contributed by atoms with Crippen LogP contribution in [0.1, 0.15) is 12.6 Å². The fourth-order valence-corrected chi connectivity index (χ4v) is 1.81. The summed E-state index contributed by atoms with van der Waals surface area (Å²) >= 11 is 0. The molecule has 0 bridgehead atoms. The van der Waals surface area contributed by atoms with E-state index in [2.05, 4.69) is 20.6 Å². The van der Waals surface area contributed by atoms with Crippen molar-refractivity contribution < 1.29 is 4.79 Å². The third-order valence-electron chi connectivity index (χ3n) is 2.77. The Kier molecular flexibility index (Phi) is 4.07. The van der Waals surface area contributed by atoms with Crippen molar-refractivity contribution in [2.45, 2.75) is 13.3 Å². The van der Waals surface area contributed by atoms with Crippen molar-refractivity contribution in [2.24, 2.45) is 0 Å². The maximum absolute atomic E-state index is 11.3. The highest BCUT2D eigenvalue weighted by Crippen LogP contribution is 2.23. The first-order valence-corrected chi connectivity index (χ1v) is 6.13. The number of urea groups is 1. The zero-order chi connectivity index (χ0) is 13.7. The van der Waals surface area contributed by atoms with Crippen molar-refractivity contribution in [1.29, 1.82) is 0 Å². The lowest BCUT2D eigenvalue weighted by molar-refractivity contribution is 0.254. The Labute approximate surface area is 112 Å². The molecule has 0 unspecified atom stereocenters. The zero-order valence-electron chi connectivity index (χ0n) is 11.0. The smallest absolute Gasteiger partial charge is 0.320 e. The standard InChI is InChI=1S/C14H16N4O/c1-3-12-11(10-6-8-16-9-7-10)4-5-13(17-12)18-14(19)15-2/h4-9H,3H2,1-2H3,(H2,15,17,18,19). The van der Waals surface area contributed by atoms with Crippen LogP contribution in [0.5, 0.6) is 0 Å². The van der Waals surface area contributed by atoms with E-state index in [0.29, 0.717) is 5.82 Å². The van der Waals surface area contributed by atoms with E-state index in [0.717, 1.165) is 23.2 Å². The van der Waals surface area contributed by atoms with Gasteiger partial charge in [0.1, 0.15) is 5.82 Å². The predicted octanol–water partition coefficient (Wildman–Crippen LogP) is 2.46. The molecule has 0 fully saturated rings. The summed E-state index contributed by atoms with van der Waals surface area (Å²) in [7, 11) is 1.57. The highest BCUT2D eigenvalue weighted by molar-refractivity contribution is 5.88. The molecule has 2 aromatic heterocycles. The molecule has 0 aliphatic heterocycles. The van der Waals surface area contributed by atoms with Gasteiger partial charge in [-0.1, -0.05) is 6.92 Å². The highest BCUT2D eigenvalue weighted by Gasteiger charge is 2.07. The number of pyridine rings is 2. The van der Waals surface area contributed by atoms with Crippen LogP contribution in [0, 0.1) is 0 Å². The maximum atomic E-state index is 11.3. The Balaban J connectivity index is 2.34. The molecular weight excluding hydrogens is 240 g/mol. The zero-order valence-corrected chi connectivity index (χ0v) is 11.0. The van der Waals surface area contributed by atoms with Gasteiger partial charge in [-0.15, -0.1) is 0 Å². The maximum Gasteiger partial charge on any atom is 0.320 e. The summed E-state index contributed by atoms with van der Waals surface area (Å²) in [5.74, 6) is 0.550. The van der Waals surface area contributed by atoms with Crippen LogP contribution >= 0.6 is 0 Å². The molecule has 0 aliphatic carbocycles. The minimum atomic E-state index is -0.272. The summed E-state index contributed by atoms with van der Waals surface area (Å²) in [6.07, 6.45) is 4.30. The molecule has 0 aromatic carbocycles. The predicted molar refractivity (Wildman–Crippen MR) is 74.9 cm³/mol. The normalized spacial score (nSPS) is 10.0. The molecule has 2 aromatic rings. The summed E-state index contributed by atoms with van der Waals surface area (Å²) in [5.41, 5.74) is 3.08. The van der Waals surface area contributed by atoms with Gasteiger partial charge in [-0.25, -0.2) is 9.78 Å². The van der Waals surface area contributed by atoms with E-state index in [-0.39, 0.29) is 6.03 Å². The van der Waals surface area contributed by atoms with Crippen molar-refractivity contribution in [3.63, 3.8) is 0 Å². The van der Waals surface area contributed by atoms with Crippen molar-refractivity contribution >= 4 is 11.8 Å². The molecule has 2 heterocycles. The van der Waals surface area contributed by atoms with Gasteiger partial charge < -0.3 is 5.32 Å². The van der Waals surface area contributed by atoms with Gasteiger partial charge in [-0.05, 0) is 36.2 Å². The number of hydrogen-bond acceptors (Lipinski definition) is 3. The van der Waals surface area contributed by atoms with Gasteiger partial charge in [0.2, 0.25) is 0 Å². The van der Waals surface area contributed by atoms with Gasteiger partial charge >= 0.3 is 6.03 Å². The SMILES string of the molecule is CCc1nc(NC(=O)NC)ccc1-c1ccncc1.